The summed E-state index contributed by atoms with van der Waals surface area (Å²) in [6.45, 7) is 4.33. The van der Waals surface area contributed by atoms with Gasteiger partial charge < -0.3 is 5.32 Å². The molecule has 4 nitrogen and oxygen atoms in total. The van der Waals surface area contributed by atoms with Crippen LogP contribution in [0.2, 0.25) is 5.02 Å². The topological polar surface area (TPSA) is 57.8 Å². The van der Waals surface area contributed by atoms with Gasteiger partial charge in [0, 0.05) is 22.8 Å². The molecule has 2 aromatic rings. The van der Waals surface area contributed by atoms with Crippen molar-refractivity contribution in [1.29, 1.82) is 0 Å². The highest BCUT2D eigenvalue weighted by atomic mass is 35.5. The fourth-order valence-electron chi connectivity index (χ4n) is 1.80. The largest absolute Gasteiger partial charge is 0.350 e. The van der Waals surface area contributed by atoms with Gasteiger partial charge in [0.05, 0.1) is 0 Å². The highest BCUT2D eigenvalue weighted by Crippen LogP contribution is 2.11. The zero-order valence-electron chi connectivity index (χ0n) is 11.0. The Morgan fingerprint density at radius 2 is 2.21 bits per heavy atom. The van der Waals surface area contributed by atoms with E-state index in [1.807, 2.05) is 38.1 Å². The van der Waals surface area contributed by atoms with Crippen molar-refractivity contribution in [1.82, 2.24) is 15.5 Å². The predicted octanol–water partition coefficient (Wildman–Crippen LogP) is 2.65. The molecule has 1 aromatic heterocycles. The summed E-state index contributed by atoms with van der Waals surface area (Å²) in [5.41, 5.74) is 3.37. The van der Waals surface area contributed by atoms with Crippen LogP contribution in [-0.2, 0) is 6.42 Å². The number of nitrogens with zero attached hydrogens (tertiary/aromatic N) is 1. The first-order valence-corrected chi connectivity index (χ1v) is 6.50. The van der Waals surface area contributed by atoms with Crippen molar-refractivity contribution in [2.24, 2.45) is 0 Å². The first-order valence-electron chi connectivity index (χ1n) is 6.12. The molecule has 19 heavy (non-hydrogen) atoms. The van der Waals surface area contributed by atoms with Crippen LogP contribution in [-0.4, -0.2) is 22.6 Å². The number of carbonyl (C=O) groups excluding carboxylic acids is 1. The van der Waals surface area contributed by atoms with Crippen LogP contribution < -0.4 is 5.32 Å². The van der Waals surface area contributed by atoms with E-state index in [-0.39, 0.29) is 5.91 Å². The predicted molar refractivity (Wildman–Crippen MR) is 75.6 cm³/mol. The summed E-state index contributed by atoms with van der Waals surface area (Å²) in [5.74, 6) is -0.149. The van der Waals surface area contributed by atoms with Crippen LogP contribution in [0.15, 0.2) is 24.3 Å². The van der Waals surface area contributed by atoms with Gasteiger partial charge in [-0.2, -0.15) is 5.10 Å². The van der Waals surface area contributed by atoms with Gasteiger partial charge in [0.25, 0.3) is 5.91 Å². The maximum Gasteiger partial charge on any atom is 0.272 e. The lowest BCUT2D eigenvalue weighted by Gasteiger charge is -2.04. The van der Waals surface area contributed by atoms with Crippen LogP contribution in [0.1, 0.15) is 27.3 Å². The Kier molecular flexibility index (Phi) is 4.22. The van der Waals surface area contributed by atoms with Crippen molar-refractivity contribution in [3.05, 3.63) is 51.8 Å². The molecule has 0 aliphatic heterocycles. The van der Waals surface area contributed by atoms with Gasteiger partial charge in [0.15, 0.2) is 5.69 Å². The smallest absolute Gasteiger partial charge is 0.272 e. The second-order valence-electron chi connectivity index (χ2n) is 4.46. The summed E-state index contributed by atoms with van der Waals surface area (Å²) >= 11 is 5.90. The van der Waals surface area contributed by atoms with Gasteiger partial charge in [-0.05, 0) is 38.0 Å². The minimum atomic E-state index is -0.149. The zero-order valence-corrected chi connectivity index (χ0v) is 11.7. The molecule has 0 atom stereocenters. The third-order valence-electron chi connectivity index (χ3n) is 3.06. The Morgan fingerprint density at radius 1 is 1.42 bits per heavy atom. The SMILES string of the molecule is Cc1[nH]nc(C(=O)NCCc2cccc(Cl)c2)c1C. The van der Waals surface area contributed by atoms with E-state index in [4.69, 9.17) is 11.6 Å². The summed E-state index contributed by atoms with van der Waals surface area (Å²) in [5, 5.41) is 10.4. The zero-order chi connectivity index (χ0) is 13.8. The van der Waals surface area contributed by atoms with Gasteiger partial charge in [0.2, 0.25) is 0 Å². The number of aromatic amines is 1. The highest BCUT2D eigenvalue weighted by Gasteiger charge is 2.13. The monoisotopic (exact) mass is 277 g/mol. The molecule has 0 saturated carbocycles. The quantitative estimate of drug-likeness (QED) is 0.903. The average molecular weight is 278 g/mol. The number of nitrogens with one attached hydrogen (secondary N) is 2. The Labute approximate surface area is 117 Å². The van der Waals surface area contributed by atoms with Crippen LogP contribution in [0.25, 0.3) is 0 Å². The number of benzene rings is 1. The molecular formula is C14H16ClN3O. The molecule has 100 valence electrons. The van der Waals surface area contributed by atoms with Crippen molar-refractivity contribution < 1.29 is 4.79 Å². The molecule has 1 heterocycles. The van der Waals surface area contributed by atoms with E-state index in [0.29, 0.717) is 17.3 Å². The third kappa shape index (κ3) is 3.35. The maximum atomic E-state index is 11.9. The lowest BCUT2D eigenvalue weighted by Crippen LogP contribution is -2.26. The normalized spacial score (nSPS) is 10.5. The fraction of sp³-hybridized carbons (Fsp3) is 0.286. The highest BCUT2D eigenvalue weighted by molar-refractivity contribution is 6.30. The number of halogens is 1. The Balaban J connectivity index is 1.89. The Hall–Kier alpha value is -1.81. The molecule has 2 rings (SSSR count). The van der Waals surface area contributed by atoms with E-state index in [0.717, 1.165) is 23.2 Å². The molecule has 0 fully saturated rings. The molecule has 1 aromatic carbocycles. The first-order chi connectivity index (χ1) is 9.08. The van der Waals surface area contributed by atoms with Crippen molar-refractivity contribution >= 4 is 17.5 Å². The molecule has 0 aliphatic rings. The number of rotatable bonds is 4. The van der Waals surface area contributed by atoms with Crippen LogP contribution in [0.3, 0.4) is 0 Å². The van der Waals surface area contributed by atoms with Gasteiger partial charge in [-0.15, -0.1) is 0 Å². The third-order valence-corrected chi connectivity index (χ3v) is 3.29. The van der Waals surface area contributed by atoms with Crippen LogP contribution in [0.5, 0.6) is 0 Å². The van der Waals surface area contributed by atoms with E-state index in [1.54, 1.807) is 0 Å². The summed E-state index contributed by atoms with van der Waals surface area (Å²) in [6.07, 6.45) is 0.745. The second-order valence-corrected chi connectivity index (χ2v) is 4.89. The molecular weight excluding hydrogens is 262 g/mol. The summed E-state index contributed by atoms with van der Waals surface area (Å²) in [4.78, 5) is 11.9. The molecule has 2 N–H and O–H groups in total. The van der Waals surface area contributed by atoms with Gasteiger partial charge in [0.1, 0.15) is 0 Å². The molecule has 0 aliphatic carbocycles. The minimum Gasteiger partial charge on any atom is -0.350 e. The molecule has 5 heteroatoms. The average Bonchev–Trinajstić information content (AvgIpc) is 2.70. The Morgan fingerprint density at radius 3 is 2.84 bits per heavy atom. The molecule has 1 amide bonds. The van der Waals surface area contributed by atoms with Crippen molar-refractivity contribution in [3.63, 3.8) is 0 Å². The van der Waals surface area contributed by atoms with Crippen LogP contribution in [0.4, 0.5) is 0 Å². The van der Waals surface area contributed by atoms with Gasteiger partial charge in [-0.25, -0.2) is 0 Å². The number of amides is 1. The summed E-state index contributed by atoms with van der Waals surface area (Å²) in [7, 11) is 0. The van der Waals surface area contributed by atoms with E-state index >= 15 is 0 Å². The molecule has 0 bridgehead atoms. The van der Waals surface area contributed by atoms with Crippen molar-refractivity contribution in [2.45, 2.75) is 20.3 Å². The number of hydrogen-bond donors (Lipinski definition) is 2. The van der Waals surface area contributed by atoms with Gasteiger partial charge >= 0.3 is 0 Å². The summed E-state index contributed by atoms with van der Waals surface area (Å²) < 4.78 is 0. The van der Waals surface area contributed by atoms with Crippen LogP contribution >= 0.6 is 11.6 Å². The van der Waals surface area contributed by atoms with Crippen molar-refractivity contribution in [2.75, 3.05) is 6.54 Å². The Bertz CT molecular complexity index is 592. The van der Waals surface area contributed by atoms with E-state index in [2.05, 4.69) is 15.5 Å². The second kappa shape index (κ2) is 5.89. The number of hydrogen-bond acceptors (Lipinski definition) is 2. The number of H-pyrrole nitrogens is 1. The molecule has 0 spiro atoms. The lowest BCUT2D eigenvalue weighted by molar-refractivity contribution is 0.0948. The minimum absolute atomic E-state index is 0.149. The summed E-state index contributed by atoms with van der Waals surface area (Å²) in [6, 6.07) is 7.62. The number of carbonyl (C=O) groups is 1. The van der Waals surface area contributed by atoms with E-state index in [9.17, 15) is 4.79 Å². The molecule has 0 radical (unpaired) electrons. The number of aryl methyl sites for hydroxylation is 1. The van der Waals surface area contributed by atoms with Crippen molar-refractivity contribution in [3.8, 4) is 0 Å². The lowest BCUT2D eigenvalue weighted by atomic mass is 10.1. The number of aromatic nitrogens is 2. The first kappa shape index (κ1) is 13.6. The maximum absolute atomic E-state index is 11.9. The molecule has 0 unspecified atom stereocenters. The molecule has 0 saturated heterocycles. The van der Waals surface area contributed by atoms with E-state index in [1.165, 1.54) is 0 Å². The fourth-order valence-corrected chi connectivity index (χ4v) is 2.02. The van der Waals surface area contributed by atoms with Crippen LogP contribution in [0, 0.1) is 13.8 Å². The standard InChI is InChI=1S/C14H16ClN3O/c1-9-10(2)17-18-13(9)14(19)16-7-6-11-4-3-5-12(15)8-11/h3-5,8H,6-7H2,1-2H3,(H,16,19)(H,17,18). The van der Waals surface area contributed by atoms with Gasteiger partial charge in [-0.3, -0.25) is 9.89 Å². The van der Waals surface area contributed by atoms with E-state index < -0.39 is 0 Å². The van der Waals surface area contributed by atoms with Gasteiger partial charge in [-0.1, -0.05) is 23.7 Å².